The van der Waals surface area contributed by atoms with Crippen LogP contribution in [0.3, 0.4) is 0 Å². The standard InChI is InChI=1S/C30H38Cl2N4O5/c1-16-25(29(38)40-2)28(26-21(31)5-4-6-22(26)32)27(30(39)41-3)23(34-16)15-24(37)36-9-7-35(8-10-36)20-13-17-11-19(33)12-18(17)14-20/h4-6,17-20,25,28H,7-15,33H2,1-3H3. The zero-order chi connectivity index (χ0) is 29.4. The Morgan fingerprint density at radius 2 is 1.59 bits per heavy atom. The van der Waals surface area contributed by atoms with Crippen LogP contribution in [0.2, 0.25) is 10.0 Å². The molecule has 2 saturated carbocycles. The fraction of sp³-hybridized carbons (Fsp3) is 0.600. The molecule has 4 atom stereocenters. The van der Waals surface area contributed by atoms with Gasteiger partial charge in [-0.2, -0.15) is 0 Å². The molecule has 41 heavy (non-hydrogen) atoms. The van der Waals surface area contributed by atoms with Crippen LogP contribution >= 0.6 is 23.2 Å². The molecule has 5 rings (SSSR count). The number of benzene rings is 1. The van der Waals surface area contributed by atoms with Gasteiger partial charge < -0.3 is 20.1 Å². The van der Waals surface area contributed by atoms with E-state index < -0.39 is 23.8 Å². The topological polar surface area (TPSA) is 115 Å². The predicted octanol–water partition coefficient (Wildman–Crippen LogP) is 3.82. The van der Waals surface area contributed by atoms with Gasteiger partial charge in [0.15, 0.2) is 0 Å². The highest BCUT2D eigenvalue weighted by molar-refractivity contribution is 6.36. The lowest BCUT2D eigenvalue weighted by atomic mass is 9.75. The van der Waals surface area contributed by atoms with E-state index in [0.29, 0.717) is 36.4 Å². The average Bonchev–Trinajstić information content (AvgIpc) is 3.50. The van der Waals surface area contributed by atoms with Crippen molar-refractivity contribution in [1.82, 2.24) is 9.80 Å². The number of carbonyl (C=O) groups excluding carboxylic acids is 3. The molecule has 2 heterocycles. The highest BCUT2D eigenvalue weighted by atomic mass is 35.5. The molecule has 0 spiro atoms. The minimum Gasteiger partial charge on any atom is -0.468 e. The second-order valence-corrected chi connectivity index (χ2v) is 12.5. The highest BCUT2D eigenvalue weighted by Crippen LogP contribution is 2.47. The van der Waals surface area contributed by atoms with E-state index in [0.717, 1.165) is 37.8 Å². The minimum absolute atomic E-state index is 0.0891. The van der Waals surface area contributed by atoms with Crippen LogP contribution in [-0.2, 0) is 23.9 Å². The van der Waals surface area contributed by atoms with Gasteiger partial charge in [-0.1, -0.05) is 29.3 Å². The molecule has 4 unspecified atom stereocenters. The molecule has 222 valence electrons. The second-order valence-electron chi connectivity index (χ2n) is 11.7. The van der Waals surface area contributed by atoms with Gasteiger partial charge in [0.25, 0.3) is 0 Å². The zero-order valence-corrected chi connectivity index (χ0v) is 25.3. The van der Waals surface area contributed by atoms with Gasteiger partial charge in [0.2, 0.25) is 5.91 Å². The number of hydrogen-bond acceptors (Lipinski definition) is 8. The number of aliphatic imine (C=N–C) groups is 1. The summed E-state index contributed by atoms with van der Waals surface area (Å²) in [4.78, 5) is 48.8. The number of fused-ring (bicyclic) bond motifs is 1. The number of methoxy groups -OCH3 is 2. The largest absolute Gasteiger partial charge is 0.468 e. The number of esters is 2. The van der Waals surface area contributed by atoms with Crippen molar-refractivity contribution in [2.45, 2.75) is 57.0 Å². The minimum atomic E-state index is -0.964. The summed E-state index contributed by atoms with van der Waals surface area (Å²) < 4.78 is 10.2. The molecule has 1 amide bonds. The quantitative estimate of drug-likeness (QED) is 0.491. The van der Waals surface area contributed by atoms with Crippen LogP contribution in [0.15, 0.2) is 34.5 Å². The molecule has 4 aliphatic rings. The first-order valence-electron chi connectivity index (χ1n) is 14.3. The molecular weight excluding hydrogens is 567 g/mol. The number of rotatable bonds is 6. The van der Waals surface area contributed by atoms with Crippen LogP contribution in [0.5, 0.6) is 0 Å². The van der Waals surface area contributed by atoms with E-state index in [1.807, 2.05) is 4.90 Å². The third-order valence-corrected chi connectivity index (χ3v) is 10.1. The van der Waals surface area contributed by atoms with Crippen LogP contribution < -0.4 is 5.73 Å². The summed E-state index contributed by atoms with van der Waals surface area (Å²) in [5.41, 5.74) is 7.31. The molecule has 1 saturated heterocycles. The number of carbonyl (C=O) groups is 3. The molecule has 0 radical (unpaired) electrons. The van der Waals surface area contributed by atoms with Crippen molar-refractivity contribution >= 4 is 46.8 Å². The molecule has 2 N–H and O–H groups in total. The number of nitrogens with zero attached hydrogens (tertiary/aromatic N) is 3. The number of ether oxygens (including phenoxy) is 2. The van der Waals surface area contributed by atoms with Gasteiger partial charge in [0.1, 0.15) is 5.92 Å². The van der Waals surface area contributed by atoms with E-state index in [1.165, 1.54) is 27.1 Å². The maximum absolute atomic E-state index is 13.6. The van der Waals surface area contributed by atoms with Crippen molar-refractivity contribution in [2.75, 3.05) is 40.4 Å². The fourth-order valence-corrected chi connectivity index (χ4v) is 8.13. The lowest BCUT2D eigenvalue weighted by Gasteiger charge is -2.39. The van der Waals surface area contributed by atoms with Crippen molar-refractivity contribution < 1.29 is 23.9 Å². The Morgan fingerprint density at radius 1 is 0.976 bits per heavy atom. The molecular formula is C30H38Cl2N4O5. The Hall–Kier alpha value is -2.46. The number of nitrogens with two attached hydrogens (primary N) is 1. The molecule has 11 heteroatoms. The number of hydrogen-bond donors (Lipinski definition) is 1. The van der Waals surface area contributed by atoms with Crippen LogP contribution in [0.4, 0.5) is 0 Å². The monoisotopic (exact) mass is 604 g/mol. The van der Waals surface area contributed by atoms with Crippen molar-refractivity contribution in [3.63, 3.8) is 0 Å². The smallest absolute Gasteiger partial charge is 0.336 e. The van der Waals surface area contributed by atoms with Gasteiger partial charge in [0.05, 0.1) is 31.9 Å². The van der Waals surface area contributed by atoms with E-state index in [4.69, 9.17) is 38.4 Å². The normalized spacial score (nSPS) is 30.2. The van der Waals surface area contributed by atoms with Crippen LogP contribution in [0, 0.1) is 17.8 Å². The van der Waals surface area contributed by atoms with Gasteiger partial charge >= 0.3 is 11.9 Å². The first-order valence-corrected chi connectivity index (χ1v) is 15.0. The zero-order valence-electron chi connectivity index (χ0n) is 23.8. The van der Waals surface area contributed by atoms with E-state index in [9.17, 15) is 14.4 Å². The molecule has 0 aromatic heterocycles. The molecule has 1 aromatic carbocycles. The maximum atomic E-state index is 13.6. The molecule has 9 nitrogen and oxygen atoms in total. The van der Waals surface area contributed by atoms with Crippen LogP contribution in [0.25, 0.3) is 0 Å². The van der Waals surface area contributed by atoms with E-state index in [2.05, 4.69) is 9.89 Å². The SMILES string of the molecule is COC(=O)C1=C(CC(=O)N2CCN(C3CC4CC(N)CC4C3)CC2)N=C(C)C(C(=O)OC)C1c1c(Cl)cccc1Cl. The Kier molecular flexibility index (Phi) is 9.09. The number of piperazine rings is 1. The molecule has 2 aliphatic carbocycles. The fourth-order valence-electron chi connectivity index (χ4n) is 7.49. The van der Waals surface area contributed by atoms with Crippen molar-refractivity contribution in [3.8, 4) is 0 Å². The summed E-state index contributed by atoms with van der Waals surface area (Å²) in [7, 11) is 2.52. The summed E-state index contributed by atoms with van der Waals surface area (Å²) in [6, 6.07) is 5.88. The summed E-state index contributed by atoms with van der Waals surface area (Å²) in [5.74, 6) is -1.84. The Bertz CT molecular complexity index is 1240. The van der Waals surface area contributed by atoms with Crippen LogP contribution in [-0.4, -0.2) is 85.8 Å². The van der Waals surface area contributed by atoms with Crippen molar-refractivity contribution in [3.05, 3.63) is 45.1 Å². The molecule has 1 aromatic rings. The number of amides is 1. The molecule has 3 fully saturated rings. The maximum Gasteiger partial charge on any atom is 0.336 e. The average molecular weight is 606 g/mol. The van der Waals surface area contributed by atoms with Gasteiger partial charge in [-0.05, 0) is 62.1 Å². The second kappa shape index (κ2) is 12.4. The number of halogens is 2. The lowest BCUT2D eigenvalue weighted by molar-refractivity contribution is -0.143. The van der Waals surface area contributed by atoms with Crippen LogP contribution in [0.1, 0.15) is 50.5 Å². The van der Waals surface area contributed by atoms with E-state index >= 15 is 0 Å². The van der Waals surface area contributed by atoms with Gasteiger partial charge in [-0.15, -0.1) is 0 Å². The van der Waals surface area contributed by atoms with E-state index in [-0.39, 0.29) is 33.6 Å². The molecule has 2 aliphatic heterocycles. The summed E-state index contributed by atoms with van der Waals surface area (Å²) in [6.07, 6.45) is 4.55. The summed E-state index contributed by atoms with van der Waals surface area (Å²) in [6.45, 7) is 4.53. The molecule has 0 bridgehead atoms. The third-order valence-electron chi connectivity index (χ3n) is 9.42. The summed E-state index contributed by atoms with van der Waals surface area (Å²) in [5, 5.41) is 0.569. The van der Waals surface area contributed by atoms with Crippen molar-refractivity contribution in [2.24, 2.45) is 28.5 Å². The van der Waals surface area contributed by atoms with Gasteiger partial charge in [-0.25, -0.2) is 4.79 Å². The van der Waals surface area contributed by atoms with E-state index in [1.54, 1.807) is 25.1 Å². The summed E-state index contributed by atoms with van der Waals surface area (Å²) >= 11 is 13.2. The first kappa shape index (κ1) is 30.0. The highest BCUT2D eigenvalue weighted by Gasteiger charge is 2.46. The Balaban J connectivity index is 1.37. The first-order chi connectivity index (χ1) is 19.6. The third kappa shape index (κ3) is 5.91. The van der Waals surface area contributed by atoms with Gasteiger partial charge in [0, 0.05) is 59.9 Å². The Morgan fingerprint density at radius 3 is 2.15 bits per heavy atom. The van der Waals surface area contributed by atoms with Gasteiger partial charge in [-0.3, -0.25) is 19.5 Å². The van der Waals surface area contributed by atoms with Crippen molar-refractivity contribution in [1.29, 1.82) is 0 Å². The predicted molar refractivity (Wildman–Crippen MR) is 157 cm³/mol. The lowest BCUT2D eigenvalue weighted by Crippen LogP contribution is -2.51. The Labute approximate surface area is 251 Å².